The number of likely N-dealkylation sites (N-methyl/N-ethyl adjacent to an activating group) is 1. The van der Waals surface area contributed by atoms with Gasteiger partial charge in [0.05, 0.1) is 0 Å². The normalized spacial score (nSPS) is 21.0. The van der Waals surface area contributed by atoms with Crippen LogP contribution in [0.3, 0.4) is 0 Å². The largest absolute Gasteiger partial charge is 0.409 e. The van der Waals surface area contributed by atoms with Crippen LogP contribution >= 0.6 is 0 Å². The smallest absolute Gasteiger partial charge is 0.234 e. The van der Waals surface area contributed by atoms with Crippen molar-refractivity contribution >= 4 is 11.7 Å². The Hall–Kier alpha value is -1.30. The summed E-state index contributed by atoms with van der Waals surface area (Å²) in [6.07, 6.45) is 3.18. The van der Waals surface area contributed by atoms with Crippen molar-refractivity contribution in [2.24, 2.45) is 16.3 Å². The molecule has 0 aromatic rings. The molecule has 0 bridgehead atoms. The minimum absolute atomic E-state index is 0.0366. The van der Waals surface area contributed by atoms with E-state index >= 15 is 0 Å². The molecule has 18 heavy (non-hydrogen) atoms. The molecule has 1 rings (SSSR count). The maximum Gasteiger partial charge on any atom is 0.234 e. The number of hydrogen-bond acceptors (Lipinski definition) is 4. The molecule has 6 nitrogen and oxygen atoms in total. The van der Waals surface area contributed by atoms with Gasteiger partial charge >= 0.3 is 0 Å². The minimum Gasteiger partial charge on any atom is -0.409 e. The van der Waals surface area contributed by atoms with Crippen molar-refractivity contribution in [1.82, 2.24) is 10.2 Å². The summed E-state index contributed by atoms with van der Waals surface area (Å²) in [7, 11) is 3.91. The Morgan fingerprint density at radius 3 is 2.50 bits per heavy atom. The summed E-state index contributed by atoms with van der Waals surface area (Å²) in [6, 6.07) is 0.0384. The second-order valence-corrected chi connectivity index (χ2v) is 5.41. The number of carbonyl (C=O) groups is 1. The molecule has 0 aromatic heterocycles. The van der Waals surface area contributed by atoms with Crippen molar-refractivity contribution in [2.75, 3.05) is 20.6 Å². The molecule has 1 aliphatic carbocycles. The molecule has 1 saturated carbocycles. The van der Waals surface area contributed by atoms with Crippen LogP contribution in [0.1, 0.15) is 32.6 Å². The van der Waals surface area contributed by atoms with E-state index < -0.39 is 5.41 Å². The average molecular weight is 256 g/mol. The Morgan fingerprint density at radius 2 is 2.06 bits per heavy atom. The second-order valence-electron chi connectivity index (χ2n) is 5.41. The van der Waals surface area contributed by atoms with E-state index in [1.165, 1.54) is 0 Å². The molecule has 1 atom stereocenters. The SMILES string of the molecule is CC(CN(C)C)NC(=O)C1(C(N)=NO)CCCC1. The Morgan fingerprint density at radius 1 is 1.50 bits per heavy atom. The number of rotatable bonds is 5. The molecule has 1 fully saturated rings. The van der Waals surface area contributed by atoms with Crippen LogP contribution in [-0.4, -0.2) is 48.5 Å². The van der Waals surface area contributed by atoms with E-state index in [4.69, 9.17) is 10.9 Å². The van der Waals surface area contributed by atoms with Crippen LogP contribution in [-0.2, 0) is 4.79 Å². The number of amidine groups is 1. The summed E-state index contributed by atoms with van der Waals surface area (Å²) in [5.41, 5.74) is 4.91. The van der Waals surface area contributed by atoms with Crippen LogP contribution < -0.4 is 11.1 Å². The zero-order valence-corrected chi connectivity index (χ0v) is 11.4. The lowest BCUT2D eigenvalue weighted by atomic mass is 9.83. The van der Waals surface area contributed by atoms with Crippen molar-refractivity contribution in [1.29, 1.82) is 0 Å². The molecule has 0 radical (unpaired) electrons. The highest BCUT2D eigenvalue weighted by Gasteiger charge is 2.45. The molecule has 0 aromatic carbocycles. The first-order valence-electron chi connectivity index (χ1n) is 6.36. The fourth-order valence-corrected chi connectivity index (χ4v) is 2.63. The lowest BCUT2D eigenvalue weighted by Crippen LogP contribution is -2.52. The predicted molar refractivity (Wildman–Crippen MR) is 70.5 cm³/mol. The van der Waals surface area contributed by atoms with Crippen LogP contribution in [0.25, 0.3) is 0 Å². The lowest BCUT2D eigenvalue weighted by molar-refractivity contribution is -0.128. The van der Waals surface area contributed by atoms with Gasteiger partial charge in [0.25, 0.3) is 0 Å². The molecule has 6 heteroatoms. The van der Waals surface area contributed by atoms with Gasteiger partial charge in [-0.25, -0.2) is 0 Å². The highest BCUT2D eigenvalue weighted by molar-refractivity contribution is 6.07. The summed E-state index contributed by atoms with van der Waals surface area (Å²) in [5, 5.41) is 14.9. The Labute approximate surface area is 108 Å². The van der Waals surface area contributed by atoms with Crippen molar-refractivity contribution in [3.63, 3.8) is 0 Å². The van der Waals surface area contributed by atoms with Crippen molar-refractivity contribution in [2.45, 2.75) is 38.6 Å². The second kappa shape index (κ2) is 6.04. The minimum atomic E-state index is -0.810. The first-order valence-corrected chi connectivity index (χ1v) is 6.36. The maximum atomic E-state index is 12.4. The monoisotopic (exact) mass is 256 g/mol. The van der Waals surface area contributed by atoms with Gasteiger partial charge in [0, 0.05) is 12.6 Å². The Balaban J connectivity index is 2.73. The van der Waals surface area contributed by atoms with Gasteiger partial charge in [-0.05, 0) is 33.9 Å². The molecule has 1 amide bonds. The van der Waals surface area contributed by atoms with E-state index in [2.05, 4.69) is 10.5 Å². The van der Waals surface area contributed by atoms with Crippen molar-refractivity contribution in [3.8, 4) is 0 Å². The standard InChI is InChI=1S/C12H24N4O2/c1-9(8-16(2)3)14-11(17)12(10(13)15-18)6-4-5-7-12/h9,18H,4-8H2,1-3H3,(H2,13,15)(H,14,17). The zero-order chi connectivity index (χ0) is 13.8. The first-order chi connectivity index (χ1) is 8.42. The van der Waals surface area contributed by atoms with Crippen molar-refractivity contribution in [3.05, 3.63) is 0 Å². The van der Waals surface area contributed by atoms with Gasteiger partial charge < -0.3 is 21.2 Å². The highest BCUT2D eigenvalue weighted by atomic mass is 16.4. The van der Waals surface area contributed by atoms with E-state index in [0.717, 1.165) is 19.4 Å². The highest BCUT2D eigenvalue weighted by Crippen LogP contribution is 2.38. The van der Waals surface area contributed by atoms with Crippen LogP contribution in [0.15, 0.2) is 5.16 Å². The zero-order valence-electron chi connectivity index (χ0n) is 11.4. The van der Waals surface area contributed by atoms with E-state index in [0.29, 0.717) is 12.8 Å². The van der Waals surface area contributed by atoms with Gasteiger partial charge in [0.1, 0.15) is 5.41 Å². The van der Waals surface area contributed by atoms with Gasteiger partial charge in [-0.15, -0.1) is 0 Å². The van der Waals surface area contributed by atoms with Gasteiger partial charge in [0.15, 0.2) is 5.84 Å². The Bertz CT molecular complexity index is 322. The topological polar surface area (TPSA) is 91.0 Å². The third-order valence-electron chi connectivity index (χ3n) is 3.51. The van der Waals surface area contributed by atoms with Crippen molar-refractivity contribution < 1.29 is 10.0 Å². The number of oxime groups is 1. The summed E-state index contributed by atoms with van der Waals surface area (Å²) < 4.78 is 0. The molecular formula is C12H24N4O2. The van der Waals surface area contributed by atoms with Gasteiger partial charge in [-0.1, -0.05) is 18.0 Å². The van der Waals surface area contributed by atoms with Crippen LogP contribution in [0.5, 0.6) is 0 Å². The summed E-state index contributed by atoms with van der Waals surface area (Å²) in [5.74, 6) is -0.0841. The van der Waals surface area contributed by atoms with Gasteiger partial charge in [0.2, 0.25) is 5.91 Å². The average Bonchev–Trinajstić information content (AvgIpc) is 2.76. The van der Waals surface area contributed by atoms with Crippen LogP contribution in [0.4, 0.5) is 0 Å². The van der Waals surface area contributed by atoms with Crippen LogP contribution in [0, 0.1) is 5.41 Å². The molecule has 104 valence electrons. The molecule has 4 N–H and O–H groups in total. The summed E-state index contributed by atoms with van der Waals surface area (Å²) in [6.45, 7) is 2.71. The summed E-state index contributed by atoms with van der Waals surface area (Å²) >= 11 is 0. The van der Waals surface area contributed by atoms with E-state index in [-0.39, 0.29) is 17.8 Å². The quantitative estimate of drug-likeness (QED) is 0.287. The third kappa shape index (κ3) is 3.13. The number of amides is 1. The number of nitrogens with two attached hydrogens (primary N) is 1. The van der Waals surface area contributed by atoms with E-state index in [1.807, 2.05) is 25.9 Å². The number of carbonyl (C=O) groups excluding carboxylic acids is 1. The lowest BCUT2D eigenvalue weighted by Gasteiger charge is -2.28. The molecule has 1 unspecified atom stereocenters. The van der Waals surface area contributed by atoms with Gasteiger partial charge in [-0.2, -0.15) is 0 Å². The van der Waals surface area contributed by atoms with Gasteiger partial charge in [-0.3, -0.25) is 4.79 Å². The first kappa shape index (κ1) is 14.8. The molecule has 0 spiro atoms. The van der Waals surface area contributed by atoms with E-state index in [9.17, 15) is 4.79 Å². The molecule has 0 heterocycles. The predicted octanol–water partition coefficient (Wildman–Crippen LogP) is 0.360. The maximum absolute atomic E-state index is 12.4. The number of nitrogens with zero attached hydrogens (tertiary/aromatic N) is 2. The van der Waals surface area contributed by atoms with Crippen LogP contribution in [0.2, 0.25) is 0 Å². The molecule has 1 aliphatic rings. The summed E-state index contributed by atoms with van der Waals surface area (Å²) in [4.78, 5) is 14.4. The number of hydrogen-bond donors (Lipinski definition) is 3. The number of nitrogens with one attached hydrogen (secondary N) is 1. The fourth-order valence-electron chi connectivity index (χ4n) is 2.63. The fraction of sp³-hybridized carbons (Fsp3) is 0.833. The third-order valence-corrected chi connectivity index (χ3v) is 3.51. The Kier molecular flexibility index (Phi) is 4.95. The molecule has 0 saturated heterocycles. The molecular weight excluding hydrogens is 232 g/mol. The van der Waals surface area contributed by atoms with E-state index in [1.54, 1.807) is 0 Å². The molecule has 0 aliphatic heterocycles.